The molecule has 0 amide bonds. The van der Waals surface area contributed by atoms with Gasteiger partial charge >= 0.3 is 0 Å². The summed E-state index contributed by atoms with van der Waals surface area (Å²) in [6.45, 7) is 16.1. The molecule has 2 heteroatoms. The van der Waals surface area contributed by atoms with Crippen LogP contribution in [0, 0.1) is 5.82 Å². The molecule has 104 valence electrons. The van der Waals surface area contributed by atoms with Gasteiger partial charge in [-0.1, -0.05) is 56.7 Å². The van der Waals surface area contributed by atoms with Crippen molar-refractivity contribution in [3.8, 4) is 0 Å². The smallest absolute Gasteiger partial charge is 0.123 e. The first-order valence-electron chi connectivity index (χ1n) is 6.39. The molecule has 0 saturated heterocycles. The zero-order valence-electron chi connectivity index (χ0n) is 11.7. The molecule has 0 unspecified atom stereocenters. The fraction of sp³-hybridized carbons (Fsp3) is 0.111. The molecular formula is C18H20FN. The summed E-state index contributed by atoms with van der Waals surface area (Å²) in [5, 5.41) is 0. The summed E-state index contributed by atoms with van der Waals surface area (Å²) in [7, 11) is 0. The predicted molar refractivity (Wildman–Crippen MR) is 84.6 cm³/mol. The highest BCUT2D eigenvalue weighted by Crippen LogP contribution is 2.14. The lowest BCUT2D eigenvalue weighted by molar-refractivity contribution is 0.481. The second-order valence-electron chi connectivity index (χ2n) is 4.32. The van der Waals surface area contributed by atoms with E-state index >= 15 is 0 Å². The molecule has 1 aromatic rings. The van der Waals surface area contributed by atoms with E-state index in [0.717, 1.165) is 29.8 Å². The van der Waals surface area contributed by atoms with Crippen LogP contribution in [0.5, 0.6) is 0 Å². The standard InChI is InChI=1S/C18H20FN/c1-5-7-8-15(3)16(4)20(6-2)14-13-17-9-11-18(19)12-10-17/h5-12H,1-4,13-14H2. The summed E-state index contributed by atoms with van der Waals surface area (Å²) < 4.78 is 12.8. The Hall–Kier alpha value is -2.35. The van der Waals surface area contributed by atoms with Gasteiger partial charge in [0, 0.05) is 12.2 Å². The van der Waals surface area contributed by atoms with Crippen LogP contribution in [0.4, 0.5) is 4.39 Å². The Morgan fingerprint density at radius 3 is 2.35 bits per heavy atom. The van der Waals surface area contributed by atoms with Crippen molar-refractivity contribution in [1.29, 1.82) is 0 Å². The third-order valence-electron chi connectivity index (χ3n) is 2.93. The Balaban J connectivity index is 2.63. The van der Waals surface area contributed by atoms with Gasteiger partial charge in [0.25, 0.3) is 0 Å². The fourth-order valence-corrected chi connectivity index (χ4v) is 1.70. The van der Waals surface area contributed by atoms with Gasteiger partial charge in [0.2, 0.25) is 0 Å². The molecule has 0 fully saturated rings. The van der Waals surface area contributed by atoms with Gasteiger partial charge in [-0.05, 0) is 35.9 Å². The zero-order chi connectivity index (χ0) is 15.0. The van der Waals surface area contributed by atoms with Crippen molar-refractivity contribution in [2.24, 2.45) is 0 Å². The Morgan fingerprint density at radius 2 is 1.80 bits per heavy atom. The second-order valence-corrected chi connectivity index (χ2v) is 4.32. The third-order valence-corrected chi connectivity index (χ3v) is 2.93. The molecule has 1 rings (SSSR count). The molecule has 0 aromatic heterocycles. The lowest BCUT2D eigenvalue weighted by Crippen LogP contribution is -2.19. The maximum Gasteiger partial charge on any atom is 0.123 e. The molecule has 0 N–H and O–H groups in total. The fourth-order valence-electron chi connectivity index (χ4n) is 1.70. The van der Waals surface area contributed by atoms with Crippen LogP contribution in [-0.2, 0) is 6.42 Å². The van der Waals surface area contributed by atoms with Crippen LogP contribution in [-0.4, -0.2) is 11.4 Å². The van der Waals surface area contributed by atoms with Crippen LogP contribution in [0.25, 0.3) is 0 Å². The number of rotatable bonds is 8. The van der Waals surface area contributed by atoms with E-state index in [9.17, 15) is 4.39 Å². The van der Waals surface area contributed by atoms with E-state index in [1.807, 2.05) is 17.1 Å². The van der Waals surface area contributed by atoms with Crippen LogP contribution >= 0.6 is 0 Å². The van der Waals surface area contributed by atoms with Crippen molar-refractivity contribution >= 4 is 0 Å². The van der Waals surface area contributed by atoms with E-state index in [-0.39, 0.29) is 5.82 Å². The van der Waals surface area contributed by atoms with Crippen LogP contribution in [0.2, 0.25) is 0 Å². The average Bonchev–Trinajstić information content (AvgIpc) is 2.47. The molecule has 0 saturated carbocycles. The third kappa shape index (κ3) is 4.73. The summed E-state index contributed by atoms with van der Waals surface area (Å²) in [5.74, 6) is -0.221. The Labute approximate surface area is 120 Å². The number of benzene rings is 1. The van der Waals surface area contributed by atoms with Crippen molar-refractivity contribution in [3.63, 3.8) is 0 Å². The normalized spacial score (nSPS) is 10.2. The first kappa shape index (κ1) is 15.7. The molecule has 20 heavy (non-hydrogen) atoms. The first-order chi connectivity index (χ1) is 9.58. The van der Waals surface area contributed by atoms with Crippen LogP contribution in [0.15, 0.2) is 86.3 Å². The number of nitrogens with zero attached hydrogens (tertiary/aromatic N) is 1. The average molecular weight is 269 g/mol. The summed E-state index contributed by atoms with van der Waals surface area (Å²) in [6, 6.07) is 6.50. The van der Waals surface area contributed by atoms with E-state index in [4.69, 9.17) is 0 Å². The van der Waals surface area contributed by atoms with E-state index < -0.39 is 0 Å². The lowest BCUT2D eigenvalue weighted by Gasteiger charge is -2.22. The van der Waals surface area contributed by atoms with E-state index in [2.05, 4.69) is 26.3 Å². The van der Waals surface area contributed by atoms with Crippen molar-refractivity contribution in [1.82, 2.24) is 4.90 Å². The lowest BCUT2D eigenvalue weighted by atomic mass is 10.1. The molecule has 0 radical (unpaired) electrons. The molecule has 0 bridgehead atoms. The quantitative estimate of drug-likeness (QED) is 0.622. The van der Waals surface area contributed by atoms with Crippen molar-refractivity contribution in [2.45, 2.75) is 6.42 Å². The topological polar surface area (TPSA) is 3.24 Å². The van der Waals surface area contributed by atoms with Crippen molar-refractivity contribution in [2.75, 3.05) is 6.54 Å². The molecule has 1 aromatic carbocycles. The van der Waals surface area contributed by atoms with Gasteiger partial charge in [0.05, 0.1) is 0 Å². The van der Waals surface area contributed by atoms with Crippen LogP contribution in [0.3, 0.4) is 0 Å². The molecule has 1 nitrogen and oxygen atoms in total. The maximum absolute atomic E-state index is 12.8. The molecular weight excluding hydrogens is 249 g/mol. The Morgan fingerprint density at radius 1 is 1.15 bits per heavy atom. The SMILES string of the molecule is C=CC=CC(=C)C(=C)N(C=C)CCc1ccc(F)cc1. The molecule has 0 aliphatic rings. The van der Waals surface area contributed by atoms with E-state index in [0.29, 0.717) is 0 Å². The summed E-state index contributed by atoms with van der Waals surface area (Å²) in [4.78, 5) is 1.93. The first-order valence-corrected chi connectivity index (χ1v) is 6.39. The van der Waals surface area contributed by atoms with Gasteiger partial charge < -0.3 is 4.90 Å². The van der Waals surface area contributed by atoms with E-state index in [1.54, 1.807) is 24.4 Å². The van der Waals surface area contributed by atoms with Gasteiger partial charge in [0.15, 0.2) is 0 Å². The minimum Gasteiger partial charge on any atom is -0.348 e. The highest BCUT2D eigenvalue weighted by atomic mass is 19.1. The van der Waals surface area contributed by atoms with Gasteiger partial charge in [-0.15, -0.1) is 0 Å². The van der Waals surface area contributed by atoms with Gasteiger partial charge in [-0.3, -0.25) is 0 Å². The second kappa shape index (κ2) is 7.95. The number of halogens is 1. The monoisotopic (exact) mass is 269 g/mol. The highest BCUT2D eigenvalue weighted by Gasteiger charge is 2.06. The molecule has 0 atom stereocenters. The Kier molecular flexibility index (Phi) is 6.24. The van der Waals surface area contributed by atoms with E-state index in [1.165, 1.54) is 12.1 Å². The minimum absolute atomic E-state index is 0.221. The molecule has 0 heterocycles. The number of hydrogen-bond donors (Lipinski definition) is 0. The highest BCUT2D eigenvalue weighted by molar-refractivity contribution is 5.36. The van der Waals surface area contributed by atoms with Gasteiger partial charge in [0.1, 0.15) is 5.82 Å². The van der Waals surface area contributed by atoms with Crippen LogP contribution < -0.4 is 0 Å². The Bertz CT molecular complexity index is 523. The molecule has 0 aliphatic heterocycles. The zero-order valence-corrected chi connectivity index (χ0v) is 11.7. The molecule has 0 aliphatic carbocycles. The largest absolute Gasteiger partial charge is 0.348 e. The molecule has 0 spiro atoms. The number of hydrogen-bond acceptors (Lipinski definition) is 1. The van der Waals surface area contributed by atoms with Gasteiger partial charge in [-0.2, -0.15) is 0 Å². The van der Waals surface area contributed by atoms with Crippen molar-refractivity contribution in [3.05, 3.63) is 97.7 Å². The predicted octanol–water partition coefficient (Wildman–Crippen LogP) is 4.63. The minimum atomic E-state index is -0.221. The van der Waals surface area contributed by atoms with Crippen LogP contribution in [0.1, 0.15) is 5.56 Å². The summed E-state index contributed by atoms with van der Waals surface area (Å²) in [5.41, 5.74) is 2.67. The van der Waals surface area contributed by atoms with Gasteiger partial charge in [-0.25, -0.2) is 4.39 Å². The summed E-state index contributed by atoms with van der Waals surface area (Å²) >= 11 is 0. The summed E-state index contributed by atoms with van der Waals surface area (Å²) in [6.07, 6.45) is 7.86. The maximum atomic E-state index is 12.8. The van der Waals surface area contributed by atoms with Crippen molar-refractivity contribution < 1.29 is 4.39 Å². The number of allylic oxidation sites excluding steroid dienone is 3.